The van der Waals surface area contributed by atoms with Gasteiger partial charge in [-0.1, -0.05) is 16.8 Å². The Labute approximate surface area is 190 Å². The van der Waals surface area contributed by atoms with E-state index in [4.69, 9.17) is 16.0 Å². The van der Waals surface area contributed by atoms with Crippen molar-refractivity contribution in [1.82, 2.24) is 9.55 Å². The maximum Gasteiger partial charge on any atom is 1.00 e. The second kappa shape index (κ2) is 7.12. The summed E-state index contributed by atoms with van der Waals surface area (Å²) in [6.45, 7) is 0.478. The van der Waals surface area contributed by atoms with E-state index in [9.17, 15) is 13.0 Å². The Kier molecular flexibility index (Phi) is 5.43. The molecular formula is C14H9ClKN3O5S. The molecule has 0 aliphatic carbocycles. The third-order valence-electron chi connectivity index (χ3n) is 3.75. The average molecular weight is 406 g/mol. The van der Waals surface area contributed by atoms with Crippen LogP contribution < -0.4 is 51.4 Å². The minimum atomic E-state index is -4.91. The normalized spacial score (nSPS) is 15.4. The maximum atomic E-state index is 10.6. The van der Waals surface area contributed by atoms with Gasteiger partial charge in [-0.2, -0.15) is 8.42 Å². The molecule has 1 aromatic carbocycles. The van der Waals surface area contributed by atoms with Crippen molar-refractivity contribution in [2.24, 2.45) is 5.16 Å². The van der Waals surface area contributed by atoms with Gasteiger partial charge in [0.15, 0.2) is 0 Å². The third-order valence-corrected chi connectivity index (χ3v) is 4.31. The Morgan fingerprint density at radius 1 is 1.36 bits per heavy atom. The van der Waals surface area contributed by atoms with E-state index in [2.05, 4.69) is 14.4 Å². The van der Waals surface area contributed by atoms with Crippen molar-refractivity contribution in [2.75, 3.05) is 0 Å². The van der Waals surface area contributed by atoms with E-state index < -0.39 is 10.4 Å². The van der Waals surface area contributed by atoms with Crippen LogP contribution in [0.2, 0.25) is 5.02 Å². The number of oxime groups is 1. The van der Waals surface area contributed by atoms with E-state index in [0.717, 1.165) is 5.56 Å². The maximum absolute atomic E-state index is 10.6. The van der Waals surface area contributed by atoms with E-state index in [0.29, 0.717) is 46.1 Å². The van der Waals surface area contributed by atoms with Crippen molar-refractivity contribution in [3.05, 3.63) is 41.3 Å². The molecule has 1 aliphatic rings. The van der Waals surface area contributed by atoms with Crippen molar-refractivity contribution in [3.63, 3.8) is 0 Å². The number of imidazole rings is 1. The van der Waals surface area contributed by atoms with Gasteiger partial charge in [-0.3, -0.25) is 4.28 Å². The zero-order valence-corrected chi connectivity index (χ0v) is 17.7. The first-order valence-electron chi connectivity index (χ1n) is 6.87. The molecule has 4 rings (SSSR count). The Morgan fingerprint density at radius 2 is 2.16 bits per heavy atom. The zero-order valence-electron chi connectivity index (χ0n) is 13.0. The van der Waals surface area contributed by atoms with E-state index in [1.54, 1.807) is 30.7 Å². The molecule has 8 nitrogen and oxygen atoms in total. The number of aromatic nitrogens is 2. The first-order valence-corrected chi connectivity index (χ1v) is 8.58. The largest absolute Gasteiger partial charge is 1.00 e. The van der Waals surface area contributed by atoms with Gasteiger partial charge in [0, 0.05) is 18.5 Å². The van der Waals surface area contributed by atoms with Gasteiger partial charge in [-0.05, 0) is 18.2 Å². The van der Waals surface area contributed by atoms with E-state index in [1.807, 2.05) is 4.57 Å². The molecule has 0 unspecified atom stereocenters. The summed E-state index contributed by atoms with van der Waals surface area (Å²) < 4.78 is 43.0. The minimum Gasteiger partial charge on any atom is -0.714 e. The van der Waals surface area contributed by atoms with Gasteiger partial charge in [-0.25, -0.2) is 4.98 Å². The summed E-state index contributed by atoms with van der Waals surface area (Å²) in [5, 5.41) is 3.95. The molecule has 0 amide bonds. The first kappa shape index (κ1) is 19.0. The number of furan rings is 1. The standard InChI is InChI=1S/C14H10ClN3O5S.K/c15-10-2-1-9-11(17-23-24(19,20)21)3-5-18-13(9)12(10)16-14(18)8-4-6-22-7-8;/h1-2,4,6-7H,3,5H2,(H,19,20,21);/q;+1/p-1/b17-11-;. The predicted octanol–water partition coefficient (Wildman–Crippen LogP) is -0.462. The van der Waals surface area contributed by atoms with Crippen LogP contribution in [-0.2, 0) is 21.2 Å². The molecule has 2 aromatic heterocycles. The van der Waals surface area contributed by atoms with Gasteiger partial charge >= 0.3 is 51.4 Å². The van der Waals surface area contributed by atoms with Gasteiger partial charge in [0.1, 0.15) is 17.6 Å². The Morgan fingerprint density at radius 3 is 2.84 bits per heavy atom. The van der Waals surface area contributed by atoms with Crippen LogP contribution in [0.15, 0.2) is 40.3 Å². The van der Waals surface area contributed by atoms with Crippen LogP contribution in [0.25, 0.3) is 22.4 Å². The van der Waals surface area contributed by atoms with Crippen molar-refractivity contribution in [1.29, 1.82) is 0 Å². The SMILES string of the molecule is O=S(=O)([O-])O/N=C1/CCn2c(-c3ccoc3)nc3c(Cl)ccc1c32.[K+]. The van der Waals surface area contributed by atoms with Crippen LogP contribution in [0.3, 0.4) is 0 Å². The summed E-state index contributed by atoms with van der Waals surface area (Å²) in [6, 6.07) is 5.12. The van der Waals surface area contributed by atoms with Gasteiger partial charge in [-0.15, -0.1) is 0 Å². The topological polar surface area (TPSA) is 110 Å². The molecule has 0 saturated carbocycles. The number of aryl methyl sites for hydroxylation is 1. The number of benzene rings is 1. The molecule has 25 heavy (non-hydrogen) atoms. The molecule has 0 N–H and O–H groups in total. The molecule has 0 atom stereocenters. The second-order valence-corrected chi connectivity index (χ2v) is 6.53. The minimum absolute atomic E-state index is 0. The Balaban J connectivity index is 0.00000182. The quantitative estimate of drug-likeness (QED) is 0.252. The van der Waals surface area contributed by atoms with Gasteiger partial charge < -0.3 is 13.5 Å². The second-order valence-electron chi connectivity index (χ2n) is 5.16. The van der Waals surface area contributed by atoms with Crippen LogP contribution in [0.1, 0.15) is 12.0 Å². The van der Waals surface area contributed by atoms with Crippen LogP contribution in [0.4, 0.5) is 0 Å². The molecule has 0 bridgehead atoms. The predicted molar refractivity (Wildman–Crippen MR) is 84.4 cm³/mol. The molecule has 0 saturated heterocycles. The smallest absolute Gasteiger partial charge is 0.714 e. The van der Waals surface area contributed by atoms with Gasteiger partial charge in [0.25, 0.3) is 10.4 Å². The van der Waals surface area contributed by atoms with E-state index >= 15 is 0 Å². The average Bonchev–Trinajstić information content (AvgIpc) is 3.16. The van der Waals surface area contributed by atoms with Crippen LogP contribution in [0, 0.1) is 0 Å². The number of halogens is 1. The summed E-state index contributed by atoms with van der Waals surface area (Å²) in [4.78, 5) is 4.56. The third kappa shape index (κ3) is 3.58. The molecule has 1 aliphatic heterocycles. The Bertz CT molecular complexity index is 1080. The first-order chi connectivity index (χ1) is 11.4. The fraction of sp³-hybridized carbons (Fsp3) is 0.143. The molecule has 0 spiro atoms. The summed E-state index contributed by atoms with van der Waals surface area (Å²) in [5.41, 5.74) is 3.03. The van der Waals surface area contributed by atoms with Crippen LogP contribution >= 0.6 is 11.6 Å². The molecule has 124 valence electrons. The Hall–Kier alpha value is -0.724. The van der Waals surface area contributed by atoms with Crippen LogP contribution in [0.5, 0.6) is 0 Å². The number of hydrogen-bond acceptors (Lipinski definition) is 7. The van der Waals surface area contributed by atoms with Crippen molar-refractivity contribution >= 4 is 38.7 Å². The van der Waals surface area contributed by atoms with Crippen molar-refractivity contribution < 1.29 is 73.1 Å². The fourth-order valence-electron chi connectivity index (χ4n) is 2.81. The fourth-order valence-corrected chi connectivity index (χ4v) is 3.18. The molecule has 11 heteroatoms. The molecule has 3 heterocycles. The van der Waals surface area contributed by atoms with Crippen molar-refractivity contribution in [2.45, 2.75) is 13.0 Å². The van der Waals surface area contributed by atoms with Gasteiger partial charge in [0.05, 0.1) is 28.1 Å². The summed E-state index contributed by atoms with van der Waals surface area (Å²) >= 11 is 6.24. The molecule has 3 aromatic rings. The summed E-state index contributed by atoms with van der Waals surface area (Å²) in [5.74, 6) is 0.685. The van der Waals surface area contributed by atoms with Gasteiger partial charge in [0.2, 0.25) is 0 Å². The molecule has 0 radical (unpaired) electrons. The zero-order chi connectivity index (χ0) is 16.9. The van der Waals surface area contributed by atoms with E-state index in [1.165, 1.54) is 0 Å². The van der Waals surface area contributed by atoms with Crippen molar-refractivity contribution in [3.8, 4) is 11.4 Å². The molecule has 0 fully saturated rings. The number of rotatable bonds is 3. The van der Waals surface area contributed by atoms with Crippen LogP contribution in [-0.4, -0.2) is 28.2 Å². The van der Waals surface area contributed by atoms with E-state index in [-0.39, 0.29) is 51.4 Å². The number of nitrogens with zero attached hydrogens (tertiary/aromatic N) is 3. The summed E-state index contributed by atoms with van der Waals surface area (Å²) in [7, 11) is -4.91. The number of hydrogen-bond donors (Lipinski definition) is 0. The summed E-state index contributed by atoms with van der Waals surface area (Å²) in [6.07, 6.45) is 3.50. The monoisotopic (exact) mass is 405 g/mol. The molecular weight excluding hydrogens is 397 g/mol.